The van der Waals surface area contributed by atoms with Gasteiger partial charge in [-0.1, -0.05) is 6.92 Å². The van der Waals surface area contributed by atoms with Crippen LogP contribution in [0.5, 0.6) is 0 Å². The molecule has 0 saturated heterocycles. The van der Waals surface area contributed by atoms with Gasteiger partial charge in [0, 0.05) is 24.9 Å². The van der Waals surface area contributed by atoms with Crippen LogP contribution in [0.15, 0.2) is 0 Å². The van der Waals surface area contributed by atoms with Crippen molar-refractivity contribution in [2.24, 2.45) is 11.8 Å². The van der Waals surface area contributed by atoms with E-state index in [1.165, 1.54) is 0 Å². The highest BCUT2D eigenvalue weighted by Gasteiger charge is 2.38. The van der Waals surface area contributed by atoms with Crippen molar-refractivity contribution in [3.05, 3.63) is 0 Å². The first kappa shape index (κ1) is 14.3. The van der Waals surface area contributed by atoms with Crippen LogP contribution in [-0.2, 0) is 9.59 Å². The maximum Gasteiger partial charge on any atom is 0.223 e. The van der Waals surface area contributed by atoms with E-state index in [2.05, 4.69) is 17.6 Å². The largest absolute Gasteiger partial charge is 0.393 e. The predicted molar refractivity (Wildman–Crippen MR) is 71.3 cm³/mol. The van der Waals surface area contributed by atoms with E-state index in [-0.39, 0.29) is 29.9 Å². The zero-order valence-electron chi connectivity index (χ0n) is 11.5. The van der Waals surface area contributed by atoms with Crippen LogP contribution in [0.2, 0.25) is 0 Å². The van der Waals surface area contributed by atoms with Crippen LogP contribution in [0.1, 0.15) is 45.4 Å². The highest BCUT2D eigenvalue weighted by Crippen LogP contribution is 2.37. The van der Waals surface area contributed by atoms with Crippen LogP contribution in [0.25, 0.3) is 0 Å². The van der Waals surface area contributed by atoms with Crippen LogP contribution in [0.4, 0.5) is 0 Å². The van der Waals surface area contributed by atoms with E-state index in [1.807, 2.05) is 0 Å². The fraction of sp³-hybridized carbons (Fsp3) is 0.857. The van der Waals surface area contributed by atoms with Crippen molar-refractivity contribution in [3.8, 4) is 0 Å². The summed E-state index contributed by atoms with van der Waals surface area (Å²) < 4.78 is 0. The number of nitrogens with one attached hydrogen (secondary N) is 2. The average Bonchev–Trinajstić information content (AvgIpc) is 3.09. The van der Waals surface area contributed by atoms with Crippen LogP contribution >= 0.6 is 0 Å². The summed E-state index contributed by atoms with van der Waals surface area (Å²) >= 11 is 0. The standard InChI is InChI=1S/C14H24N2O3/c1-9-8-12(9)14(19)15-7-6-13(18)16-10-2-4-11(17)5-3-10/h9-12,17H,2-8H2,1H3,(H,15,19)(H,16,18). The molecule has 108 valence electrons. The average molecular weight is 268 g/mol. The van der Waals surface area contributed by atoms with Gasteiger partial charge in [-0.15, -0.1) is 0 Å². The lowest BCUT2D eigenvalue weighted by Crippen LogP contribution is -2.40. The van der Waals surface area contributed by atoms with Crippen molar-refractivity contribution in [2.45, 2.75) is 57.6 Å². The summed E-state index contributed by atoms with van der Waals surface area (Å²) in [6, 6.07) is 0.190. The van der Waals surface area contributed by atoms with Gasteiger partial charge in [0.15, 0.2) is 0 Å². The Balaban J connectivity index is 1.55. The van der Waals surface area contributed by atoms with Crippen molar-refractivity contribution in [3.63, 3.8) is 0 Å². The number of hydrogen-bond acceptors (Lipinski definition) is 3. The third-order valence-electron chi connectivity index (χ3n) is 4.16. The van der Waals surface area contributed by atoms with Gasteiger partial charge in [0.2, 0.25) is 11.8 Å². The molecule has 0 aromatic carbocycles. The summed E-state index contributed by atoms with van der Waals surface area (Å²) in [6.45, 7) is 2.48. The van der Waals surface area contributed by atoms with E-state index < -0.39 is 0 Å². The molecular formula is C14H24N2O3. The predicted octanol–water partition coefficient (Wildman–Crippen LogP) is 0.568. The smallest absolute Gasteiger partial charge is 0.223 e. The Labute approximate surface area is 114 Å². The molecule has 3 N–H and O–H groups in total. The maximum atomic E-state index is 11.7. The molecule has 0 aliphatic heterocycles. The van der Waals surface area contributed by atoms with E-state index >= 15 is 0 Å². The zero-order chi connectivity index (χ0) is 13.8. The van der Waals surface area contributed by atoms with Gasteiger partial charge < -0.3 is 15.7 Å². The molecule has 0 radical (unpaired) electrons. The second-order valence-electron chi connectivity index (χ2n) is 5.93. The lowest BCUT2D eigenvalue weighted by Gasteiger charge is -2.26. The number of aliphatic hydroxyl groups is 1. The van der Waals surface area contributed by atoms with Gasteiger partial charge in [0.05, 0.1) is 6.10 Å². The summed E-state index contributed by atoms with van der Waals surface area (Å²) in [6.07, 6.45) is 4.34. The molecule has 2 aliphatic rings. The first-order valence-corrected chi connectivity index (χ1v) is 7.31. The van der Waals surface area contributed by atoms with Gasteiger partial charge in [0.1, 0.15) is 0 Å². The minimum atomic E-state index is -0.201. The summed E-state index contributed by atoms with van der Waals surface area (Å²) in [5, 5.41) is 15.2. The van der Waals surface area contributed by atoms with E-state index in [0.717, 1.165) is 32.1 Å². The van der Waals surface area contributed by atoms with E-state index in [1.54, 1.807) is 0 Å². The SMILES string of the molecule is CC1CC1C(=O)NCCC(=O)NC1CCC(O)CC1. The normalized spacial score (nSPS) is 33.6. The number of carbonyl (C=O) groups excluding carboxylic acids is 2. The molecule has 2 saturated carbocycles. The Kier molecular flexibility index (Phi) is 4.80. The lowest BCUT2D eigenvalue weighted by molar-refractivity contribution is -0.123. The quantitative estimate of drug-likeness (QED) is 0.682. The molecule has 0 aromatic rings. The van der Waals surface area contributed by atoms with Crippen molar-refractivity contribution in [1.29, 1.82) is 0 Å². The van der Waals surface area contributed by atoms with Crippen LogP contribution in [0.3, 0.4) is 0 Å². The van der Waals surface area contributed by atoms with E-state index in [0.29, 0.717) is 18.9 Å². The molecule has 2 rings (SSSR count). The molecule has 2 amide bonds. The highest BCUT2D eigenvalue weighted by atomic mass is 16.3. The molecule has 2 fully saturated rings. The Morgan fingerprint density at radius 1 is 1.21 bits per heavy atom. The number of carbonyl (C=O) groups is 2. The Bertz CT molecular complexity index is 338. The van der Waals surface area contributed by atoms with Crippen molar-refractivity contribution in [2.75, 3.05) is 6.54 Å². The van der Waals surface area contributed by atoms with Gasteiger partial charge in [-0.25, -0.2) is 0 Å². The molecular weight excluding hydrogens is 244 g/mol. The van der Waals surface area contributed by atoms with Crippen molar-refractivity contribution < 1.29 is 14.7 Å². The Morgan fingerprint density at radius 2 is 1.84 bits per heavy atom. The van der Waals surface area contributed by atoms with E-state index in [9.17, 15) is 14.7 Å². The molecule has 0 bridgehead atoms. The minimum Gasteiger partial charge on any atom is -0.393 e. The Morgan fingerprint density at radius 3 is 2.42 bits per heavy atom. The number of rotatable bonds is 5. The van der Waals surface area contributed by atoms with Gasteiger partial charge >= 0.3 is 0 Å². The van der Waals surface area contributed by atoms with Crippen LogP contribution < -0.4 is 10.6 Å². The Hall–Kier alpha value is -1.10. The van der Waals surface area contributed by atoms with Gasteiger partial charge in [-0.05, 0) is 38.0 Å². The highest BCUT2D eigenvalue weighted by molar-refractivity contribution is 5.82. The first-order valence-electron chi connectivity index (χ1n) is 7.31. The molecule has 2 unspecified atom stereocenters. The monoisotopic (exact) mass is 268 g/mol. The van der Waals surface area contributed by atoms with Gasteiger partial charge in [0.25, 0.3) is 0 Å². The first-order chi connectivity index (χ1) is 9.06. The summed E-state index contributed by atoms with van der Waals surface area (Å²) in [5.41, 5.74) is 0. The third kappa shape index (κ3) is 4.49. The molecule has 0 heterocycles. The number of amides is 2. The maximum absolute atomic E-state index is 11.7. The summed E-state index contributed by atoms with van der Waals surface area (Å²) in [5.74, 6) is 0.747. The number of aliphatic hydroxyl groups excluding tert-OH is 1. The summed E-state index contributed by atoms with van der Waals surface area (Å²) in [4.78, 5) is 23.3. The second kappa shape index (κ2) is 6.37. The molecule has 0 aromatic heterocycles. The van der Waals surface area contributed by atoms with Gasteiger partial charge in [-0.3, -0.25) is 9.59 Å². The zero-order valence-corrected chi connectivity index (χ0v) is 11.5. The topological polar surface area (TPSA) is 78.4 Å². The molecule has 5 heteroatoms. The minimum absolute atomic E-state index is 0.00876. The van der Waals surface area contributed by atoms with Crippen LogP contribution in [-0.4, -0.2) is 35.6 Å². The van der Waals surface area contributed by atoms with Crippen molar-refractivity contribution in [1.82, 2.24) is 10.6 Å². The van der Waals surface area contributed by atoms with Crippen LogP contribution in [0, 0.1) is 11.8 Å². The van der Waals surface area contributed by atoms with Gasteiger partial charge in [-0.2, -0.15) is 0 Å². The van der Waals surface area contributed by atoms with E-state index in [4.69, 9.17) is 0 Å². The fourth-order valence-corrected chi connectivity index (χ4v) is 2.64. The summed E-state index contributed by atoms with van der Waals surface area (Å²) in [7, 11) is 0. The fourth-order valence-electron chi connectivity index (χ4n) is 2.64. The lowest BCUT2D eigenvalue weighted by atomic mass is 9.93. The molecule has 2 aliphatic carbocycles. The second-order valence-corrected chi connectivity index (χ2v) is 5.93. The molecule has 0 spiro atoms. The third-order valence-corrected chi connectivity index (χ3v) is 4.16. The van der Waals surface area contributed by atoms with Crippen molar-refractivity contribution >= 4 is 11.8 Å². The number of hydrogen-bond donors (Lipinski definition) is 3. The molecule has 2 atom stereocenters. The molecule has 5 nitrogen and oxygen atoms in total. The molecule has 19 heavy (non-hydrogen) atoms.